The molecule has 1 aromatic heterocycles. The van der Waals surface area contributed by atoms with Crippen LogP contribution in [0.15, 0.2) is 83.3 Å². The van der Waals surface area contributed by atoms with Crippen LogP contribution in [-0.4, -0.2) is 22.4 Å². The van der Waals surface area contributed by atoms with Crippen molar-refractivity contribution < 1.29 is 14.4 Å². The van der Waals surface area contributed by atoms with Crippen LogP contribution in [0.25, 0.3) is 10.9 Å². The number of carbonyl (C=O) groups excluding carboxylic acids is 3. The molecular formula is C26H23BrN4O3. The second-order valence-corrected chi connectivity index (χ2v) is 8.85. The molecule has 3 N–H and O–H groups in total. The van der Waals surface area contributed by atoms with Gasteiger partial charge in [0.05, 0.1) is 11.6 Å². The molecule has 34 heavy (non-hydrogen) atoms. The van der Waals surface area contributed by atoms with Gasteiger partial charge in [0.15, 0.2) is 0 Å². The van der Waals surface area contributed by atoms with Crippen LogP contribution in [0.4, 0.5) is 5.69 Å². The lowest BCUT2D eigenvalue weighted by molar-refractivity contribution is -0.137. The van der Waals surface area contributed by atoms with Crippen LogP contribution < -0.4 is 16.1 Å². The van der Waals surface area contributed by atoms with Crippen molar-refractivity contribution in [2.45, 2.75) is 19.9 Å². The van der Waals surface area contributed by atoms with Crippen molar-refractivity contribution in [1.82, 2.24) is 9.99 Å². The van der Waals surface area contributed by atoms with Gasteiger partial charge in [-0.05, 0) is 55.8 Å². The van der Waals surface area contributed by atoms with Crippen molar-refractivity contribution >= 4 is 50.2 Å². The van der Waals surface area contributed by atoms with Gasteiger partial charge in [0.2, 0.25) is 0 Å². The highest BCUT2D eigenvalue weighted by Crippen LogP contribution is 2.24. The smallest absolute Gasteiger partial charge is 0.328 e. The van der Waals surface area contributed by atoms with Crippen molar-refractivity contribution in [3.8, 4) is 0 Å². The summed E-state index contributed by atoms with van der Waals surface area (Å²) >= 11 is 3.43. The van der Waals surface area contributed by atoms with E-state index in [4.69, 9.17) is 0 Å². The van der Waals surface area contributed by atoms with Gasteiger partial charge in [-0.2, -0.15) is 0 Å². The van der Waals surface area contributed by atoms with Gasteiger partial charge in [0, 0.05) is 15.5 Å². The first kappa shape index (κ1) is 23.3. The normalized spacial score (nSPS) is 11.6. The van der Waals surface area contributed by atoms with E-state index >= 15 is 0 Å². The van der Waals surface area contributed by atoms with Gasteiger partial charge < -0.3 is 10.6 Å². The molecule has 0 bridgehead atoms. The Morgan fingerprint density at radius 3 is 2.29 bits per heavy atom. The molecule has 0 saturated heterocycles. The minimum absolute atomic E-state index is 0.186. The third kappa shape index (κ3) is 5.18. The summed E-state index contributed by atoms with van der Waals surface area (Å²) in [7, 11) is 0. The quantitative estimate of drug-likeness (QED) is 0.327. The first-order valence-corrected chi connectivity index (χ1v) is 11.5. The summed E-state index contributed by atoms with van der Waals surface area (Å²) in [4.78, 5) is 38.5. The van der Waals surface area contributed by atoms with Crippen LogP contribution in [0, 0.1) is 6.92 Å². The minimum atomic E-state index is -0.882. The van der Waals surface area contributed by atoms with Crippen LogP contribution in [0.1, 0.15) is 34.6 Å². The molecule has 7 nitrogen and oxygen atoms in total. The third-order valence-electron chi connectivity index (χ3n) is 5.37. The Hall–Kier alpha value is -3.91. The number of aryl methyl sites for hydroxylation is 1. The number of aromatic nitrogens is 1. The molecule has 0 aliphatic heterocycles. The van der Waals surface area contributed by atoms with E-state index in [2.05, 4.69) is 32.0 Å². The minimum Gasteiger partial charge on any atom is -0.341 e. The van der Waals surface area contributed by atoms with E-state index in [0.29, 0.717) is 11.2 Å². The van der Waals surface area contributed by atoms with Gasteiger partial charge in [0.1, 0.15) is 5.69 Å². The van der Waals surface area contributed by atoms with Crippen LogP contribution in [0.3, 0.4) is 0 Å². The monoisotopic (exact) mass is 518 g/mol. The molecule has 0 unspecified atom stereocenters. The molecule has 0 fully saturated rings. The fourth-order valence-corrected chi connectivity index (χ4v) is 3.92. The van der Waals surface area contributed by atoms with Gasteiger partial charge in [-0.1, -0.05) is 64.0 Å². The Labute approximate surface area is 205 Å². The fraction of sp³-hybridized carbons (Fsp3) is 0.115. The van der Waals surface area contributed by atoms with Crippen molar-refractivity contribution in [3.63, 3.8) is 0 Å². The summed E-state index contributed by atoms with van der Waals surface area (Å²) < 4.78 is 2.16. The molecule has 4 rings (SSSR count). The number of hydrogen-bond acceptors (Lipinski definition) is 3. The number of nitrogens with one attached hydrogen (secondary N) is 3. The Morgan fingerprint density at radius 2 is 1.59 bits per heavy atom. The van der Waals surface area contributed by atoms with Gasteiger partial charge in [-0.25, -0.2) is 4.68 Å². The summed E-state index contributed by atoms with van der Waals surface area (Å²) in [5.74, 6) is -2.11. The number of hydrogen-bond donors (Lipinski definition) is 3. The molecule has 1 atom stereocenters. The maximum atomic E-state index is 13.1. The van der Waals surface area contributed by atoms with Crippen molar-refractivity contribution in [1.29, 1.82) is 0 Å². The predicted molar refractivity (Wildman–Crippen MR) is 136 cm³/mol. The molecule has 4 aromatic rings. The molecule has 3 amide bonds. The zero-order valence-corrected chi connectivity index (χ0v) is 20.2. The molecule has 1 heterocycles. The Kier molecular flexibility index (Phi) is 6.79. The molecule has 0 spiro atoms. The van der Waals surface area contributed by atoms with E-state index in [1.54, 1.807) is 37.3 Å². The number of amides is 3. The molecule has 0 aliphatic rings. The van der Waals surface area contributed by atoms with E-state index in [0.717, 1.165) is 21.0 Å². The summed E-state index contributed by atoms with van der Waals surface area (Å²) in [6, 6.07) is 23.4. The average Bonchev–Trinajstić information content (AvgIpc) is 3.18. The highest BCUT2D eigenvalue weighted by atomic mass is 79.9. The van der Waals surface area contributed by atoms with Crippen molar-refractivity contribution in [2.24, 2.45) is 0 Å². The van der Waals surface area contributed by atoms with Crippen LogP contribution in [-0.2, 0) is 9.59 Å². The average molecular weight is 519 g/mol. The topological polar surface area (TPSA) is 92.2 Å². The maximum absolute atomic E-state index is 13.1. The van der Waals surface area contributed by atoms with Gasteiger partial charge in [-0.3, -0.25) is 19.8 Å². The fourth-order valence-electron chi connectivity index (χ4n) is 3.55. The lowest BCUT2D eigenvalue weighted by Crippen LogP contribution is -2.40. The van der Waals surface area contributed by atoms with E-state index in [1.807, 2.05) is 55.5 Å². The molecule has 0 aliphatic carbocycles. The van der Waals surface area contributed by atoms with E-state index < -0.39 is 17.7 Å². The third-order valence-corrected chi connectivity index (χ3v) is 5.87. The number of benzene rings is 3. The number of halogens is 1. The Bertz CT molecular complexity index is 1360. The van der Waals surface area contributed by atoms with Gasteiger partial charge in [-0.15, -0.1) is 0 Å². The van der Waals surface area contributed by atoms with Crippen LogP contribution >= 0.6 is 15.9 Å². The van der Waals surface area contributed by atoms with Crippen molar-refractivity contribution in [3.05, 3.63) is 100 Å². The molecule has 0 radical (unpaired) electrons. The molecule has 3 aromatic carbocycles. The van der Waals surface area contributed by atoms with Crippen molar-refractivity contribution in [2.75, 3.05) is 10.7 Å². The second kappa shape index (κ2) is 9.93. The van der Waals surface area contributed by atoms with Gasteiger partial charge in [0.25, 0.3) is 5.91 Å². The largest absolute Gasteiger partial charge is 0.341 e. The summed E-state index contributed by atoms with van der Waals surface area (Å²) in [5, 5.41) is 6.25. The number of fused-ring (bicyclic) bond motifs is 1. The summed E-state index contributed by atoms with van der Waals surface area (Å²) in [6.45, 7) is 3.75. The molecular weight excluding hydrogens is 496 g/mol. The lowest BCUT2D eigenvalue weighted by atomic mass is 10.1. The predicted octanol–water partition coefficient (Wildman–Crippen LogP) is 4.91. The van der Waals surface area contributed by atoms with E-state index in [-0.39, 0.29) is 11.7 Å². The number of rotatable bonds is 5. The van der Waals surface area contributed by atoms with Crippen LogP contribution in [0.2, 0.25) is 0 Å². The van der Waals surface area contributed by atoms with E-state index in [1.165, 1.54) is 4.68 Å². The Morgan fingerprint density at radius 1 is 0.882 bits per heavy atom. The number of anilines is 1. The molecule has 172 valence electrons. The number of nitrogens with zero attached hydrogens (tertiary/aromatic N) is 1. The second-order valence-electron chi connectivity index (χ2n) is 7.94. The summed E-state index contributed by atoms with van der Waals surface area (Å²) in [5.41, 5.74) is 5.90. The van der Waals surface area contributed by atoms with Crippen LogP contribution in [0.5, 0.6) is 0 Å². The zero-order chi connectivity index (χ0) is 24.2. The number of carbonyl (C=O) groups is 3. The van der Waals surface area contributed by atoms with E-state index in [9.17, 15) is 14.4 Å². The maximum Gasteiger partial charge on any atom is 0.328 e. The first-order valence-electron chi connectivity index (χ1n) is 10.7. The first-order chi connectivity index (χ1) is 16.3. The SMILES string of the molecule is Cc1ccc(NC(=O)c2cc3cc(Br)ccc3n2NC(=O)C(=O)N[C@@H](C)c2ccccc2)cc1. The lowest BCUT2D eigenvalue weighted by Gasteiger charge is -2.16. The highest BCUT2D eigenvalue weighted by molar-refractivity contribution is 9.10. The summed E-state index contributed by atoms with van der Waals surface area (Å²) in [6.07, 6.45) is 0. The van der Waals surface area contributed by atoms with Gasteiger partial charge >= 0.3 is 11.8 Å². The molecule has 8 heteroatoms. The Balaban J connectivity index is 1.59. The zero-order valence-electron chi connectivity index (χ0n) is 18.6. The molecule has 0 saturated carbocycles. The highest BCUT2D eigenvalue weighted by Gasteiger charge is 2.22. The standard InChI is InChI=1S/C26H23BrN4O3/c1-16-8-11-21(12-9-16)29-24(32)23-15-19-14-20(27)10-13-22(19)31(23)30-26(34)25(33)28-17(2)18-6-4-3-5-7-18/h3-15,17H,1-2H3,(H,28,33)(H,29,32)(H,30,34)/t17-/m0/s1.